The molecule has 5 rings (SSSR count). The van der Waals surface area contributed by atoms with E-state index in [1.807, 2.05) is 18.2 Å². The number of aromatic amines is 2. The molecule has 0 spiro atoms. The van der Waals surface area contributed by atoms with Crippen LogP contribution in [0.25, 0.3) is 11.3 Å². The molecule has 1 amide bonds. The molecule has 1 fully saturated rings. The van der Waals surface area contributed by atoms with Crippen molar-refractivity contribution in [3.63, 3.8) is 0 Å². The highest BCUT2D eigenvalue weighted by molar-refractivity contribution is 6.36. The first-order valence-corrected chi connectivity index (χ1v) is 14.4. The Hall–Kier alpha value is -3.29. The number of halogens is 2. The van der Waals surface area contributed by atoms with Gasteiger partial charge >= 0.3 is 0 Å². The zero-order chi connectivity index (χ0) is 28.7. The minimum absolute atomic E-state index is 0.0102. The van der Waals surface area contributed by atoms with Gasteiger partial charge in [-0.3, -0.25) is 4.79 Å². The van der Waals surface area contributed by atoms with Gasteiger partial charge in [-0.15, -0.1) is 0 Å². The Morgan fingerprint density at radius 2 is 1.82 bits per heavy atom. The number of carbonyl (C=O) groups is 1. The maximum atomic E-state index is 13.3. The smallest absolute Gasteiger partial charge is 0.223 e. The van der Waals surface area contributed by atoms with Crippen molar-refractivity contribution < 1.29 is 9.90 Å². The van der Waals surface area contributed by atoms with Gasteiger partial charge in [0.15, 0.2) is 0 Å². The number of aromatic hydroxyl groups is 1. The summed E-state index contributed by atoms with van der Waals surface area (Å²) in [5.74, 6) is 1.61. The molecule has 2 aromatic heterocycles. The van der Waals surface area contributed by atoms with E-state index in [9.17, 15) is 9.90 Å². The van der Waals surface area contributed by atoms with Crippen LogP contribution in [0.2, 0.25) is 10.0 Å². The van der Waals surface area contributed by atoms with Gasteiger partial charge in [-0.1, -0.05) is 56.1 Å². The van der Waals surface area contributed by atoms with E-state index < -0.39 is 0 Å². The Kier molecular flexibility index (Phi) is 9.93. The average molecular weight is 583 g/mol. The fourth-order valence-corrected chi connectivity index (χ4v) is 5.68. The zero-order valence-electron chi connectivity index (χ0n) is 23.1. The third kappa shape index (κ3) is 8.12. The first-order valence-electron chi connectivity index (χ1n) is 13.6. The monoisotopic (exact) mass is 581 g/mol. The molecule has 1 aliphatic rings. The predicted molar refractivity (Wildman–Crippen MR) is 160 cm³/mol. The summed E-state index contributed by atoms with van der Waals surface area (Å²) in [6.45, 7) is 6.85. The van der Waals surface area contributed by atoms with Crippen LogP contribution in [0.1, 0.15) is 63.9 Å². The second kappa shape index (κ2) is 13.4. The third-order valence-electron chi connectivity index (χ3n) is 7.57. The number of rotatable bonds is 6. The lowest BCUT2D eigenvalue weighted by atomic mass is 9.69. The van der Waals surface area contributed by atoms with Crippen LogP contribution >= 0.6 is 23.2 Å². The number of imidazole rings is 2. The molecule has 4 aromatic rings. The molecule has 1 aliphatic carbocycles. The standard InChI is InChI=1S/C28H33Cl2N3O2.C3H4N2/c1-28(2,3)19-8-6-18(7-9-19)27(35)33-24(14-17-4-11-21(34)12-5-17)26-31-16-25(32-26)22-13-10-20(29)15-23(22)30;1-2-5-3-4-1/h4-5,10-13,15-16,18-19,24,34H,6-9,14H2,1-3H3,(H,31,32)(H,33,35);1-3H,(H,4,5)/t18?,19?,24-;/m0./s1. The molecule has 212 valence electrons. The molecule has 0 unspecified atom stereocenters. The fourth-order valence-electron chi connectivity index (χ4n) is 5.17. The lowest BCUT2D eigenvalue weighted by molar-refractivity contribution is -0.127. The highest BCUT2D eigenvalue weighted by Crippen LogP contribution is 2.40. The van der Waals surface area contributed by atoms with Crippen LogP contribution in [0.3, 0.4) is 0 Å². The Morgan fingerprint density at radius 3 is 2.40 bits per heavy atom. The summed E-state index contributed by atoms with van der Waals surface area (Å²) >= 11 is 12.5. The zero-order valence-corrected chi connectivity index (χ0v) is 24.6. The number of hydrogen-bond acceptors (Lipinski definition) is 4. The molecule has 2 aromatic carbocycles. The molecule has 0 saturated heterocycles. The van der Waals surface area contributed by atoms with Gasteiger partial charge in [0.1, 0.15) is 11.6 Å². The minimum Gasteiger partial charge on any atom is -0.508 e. The van der Waals surface area contributed by atoms with Gasteiger partial charge in [0.2, 0.25) is 5.91 Å². The number of nitrogens with zero attached hydrogens (tertiary/aromatic N) is 2. The number of phenols is 1. The van der Waals surface area contributed by atoms with Crippen LogP contribution in [0.5, 0.6) is 5.75 Å². The maximum absolute atomic E-state index is 13.3. The van der Waals surface area contributed by atoms with E-state index in [1.165, 1.54) is 0 Å². The molecule has 0 bridgehead atoms. The van der Waals surface area contributed by atoms with E-state index in [0.29, 0.717) is 28.2 Å². The number of nitrogens with one attached hydrogen (secondary N) is 3. The number of H-pyrrole nitrogens is 2. The SMILES string of the molecule is CC(C)(C)C1CCC(C(=O)N[C@@H](Cc2ccc(O)cc2)c2ncc(-c3ccc(Cl)cc3Cl)[nH]2)CC1.c1c[nH]cn1. The quantitative estimate of drug-likeness (QED) is 0.186. The van der Waals surface area contributed by atoms with Crippen molar-refractivity contribution in [1.29, 1.82) is 0 Å². The van der Waals surface area contributed by atoms with Crippen molar-refractivity contribution in [3.05, 3.63) is 88.8 Å². The summed E-state index contributed by atoms with van der Waals surface area (Å²) in [6.07, 6.45) is 11.3. The molecule has 9 heteroatoms. The average Bonchev–Trinajstić information content (AvgIpc) is 3.65. The van der Waals surface area contributed by atoms with Crippen LogP contribution in [0, 0.1) is 17.3 Å². The van der Waals surface area contributed by atoms with Crippen LogP contribution in [-0.4, -0.2) is 30.9 Å². The van der Waals surface area contributed by atoms with Gasteiger partial charge in [0, 0.05) is 28.9 Å². The topological polar surface area (TPSA) is 107 Å². The van der Waals surface area contributed by atoms with Crippen LogP contribution in [0.4, 0.5) is 0 Å². The Bertz CT molecular complexity index is 1340. The molecule has 2 heterocycles. The molecule has 7 nitrogen and oxygen atoms in total. The first-order chi connectivity index (χ1) is 19.1. The van der Waals surface area contributed by atoms with Crippen molar-refractivity contribution in [2.24, 2.45) is 17.3 Å². The number of amides is 1. The largest absolute Gasteiger partial charge is 0.508 e. The van der Waals surface area contributed by atoms with Crippen LogP contribution in [0.15, 0.2) is 67.4 Å². The van der Waals surface area contributed by atoms with Crippen molar-refractivity contribution in [3.8, 4) is 17.0 Å². The normalized spacial score (nSPS) is 17.9. The fraction of sp³-hybridized carbons (Fsp3) is 0.387. The minimum atomic E-state index is -0.341. The summed E-state index contributed by atoms with van der Waals surface area (Å²) in [5.41, 5.74) is 2.82. The lowest BCUT2D eigenvalue weighted by Gasteiger charge is -2.36. The second-order valence-electron chi connectivity index (χ2n) is 11.4. The van der Waals surface area contributed by atoms with Gasteiger partial charge in [0.05, 0.1) is 29.3 Å². The second-order valence-corrected chi connectivity index (χ2v) is 12.3. The summed E-state index contributed by atoms with van der Waals surface area (Å²) in [4.78, 5) is 27.7. The number of aromatic nitrogens is 4. The van der Waals surface area contributed by atoms with E-state index in [0.717, 1.165) is 42.5 Å². The van der Waals surface area contributed by atoms with Crippen molar-refractivity contribution >= 4 is 29.1 Å². The van der Waals surface area contributed by atoms with E-state index >= 15 is 0 Å². The molecule has 1 atom stereocenters. The number of phenolic OH excluding ortho intramolecular Hbond substituents is 1. The lowest BCUT2D eigenvalue weighted by Crippen LogP contribution is -2.38. The van der Waals surface area contributed by atoms with Gasteiger partial charge in [-0.25, -0.2) is 9.97 Å². The third-order valence-corrected chi connectivity index (χ3v) is 8.12. The van der Waals surface area contributed by atoms with Gasteiger partial charge in [-0.2, -0.15) is 0 Å². The first kappa shape index (κ1) is 29.7. The molecule has 0 radical (unpaired) electrons. The number of benzene rings is 2. The molecular weight excluding hydrogens is 545 g/mol. The van der Waals surface area contributed by atoms with Crippen LogP contribution in [-0.2, 0) is 11.2 Å². The van der Waals surface area contributed by atoms with E-state index in [2.05, 4.69) is 46.0 Å². The Balaban J connectivity index is 0.000000666. The van der Waals surface area contributed by atoms with Crippen molar-refractivity contribution in [2.75, 3.05) is 0 Å². The van der Waals surface area contributed by atoms with Gasteiger partial charge in [0.25, 0.3) is 0 Å². The Morgan fingerprint density at radius 1 is 1.10 bits per heavy atom. The molecule has 1 saturated carbocycles. The molecule has 4 N–H and O–H groups in total. The molecule has 0 aliphatic heterocycles. The maximum Gasteiger partial charge on any atom is 0.223 e. The molecule has 40 heavy (non-hydrogen) atoms. The predicted octanol–water partition coefficient (Wildman–Crippen LogP) is 7.75. The highest BCUT2D eigenvalue weighted by Gasteiger charge is 2.33. The van der Waals surface area contributed by atoms with E-state index in [1.54, 1.807) is 49.2 Å². The summed E-state index contributed by atoms with van der Waals surface area (Å²) in [6, 6.07) is 12.0. The summed E-state index contributed by atoms with van der Waals surface area (Å²) in [5, 5.41) is 14.0. The molecular formula is C31H37Cl2N5O2. The van der Waals surface area contributed by atoms with Crippen LogP contribution < -0.4 is 5.32 Å². The van der Waals surface area contributed by atoms with Gasteiger partial charge in [-0.05, 0) is 79.3 Å². The summed E-state index contributed by atoms with van der Waals surface area (Å²) in [7, 11) is 0. The van der Waals surface area contributed by atoms with Crippen molar-refractivity contribution in [2.45, 2.75) is 58.9 Å². The Labute approximate surface area is 245 Å². The summed E-state index contributed by atoms with van der Waals surface area (Å²) < 4.78 is 0. The number of carbonyl (C=O) groups excluding carboxylic acids is 1. The van der Waals surface area contributed by atoms with E-state index in [4.69, 9.17) is 23.2 Å². The van der Waals surface area contributed by atoms with Crippen molar-refractivity contribution in [1.82, 2.24) is 25.3 Å². The highest BCUT2D eigenvalue weighted by atomic mass is 35.5. The van der Waals surface area contributed by atoms with E-state index in [-0.39, 0.29) is 29.0 Å². The number of hydrogen-bond donors (Lipinski definition) is 4. The van der Waals surface area contributed by atoms with Gasteiger partial charge < -0.3 is 20.4 Å².